The number of nitrogen functional groups attached to an aromatic ring is 1. The van der Waals surface area contributed by atoms with Crippen LogP contribution in [0.25, 0.3) is 0 Å². The van der Waals surface area contributed by atoms with Gasteiger partial charge in [0.05, 0.1) is 11.6 Å². The highest BCUT2D eigenvalue weighted by Gasteiger charge is 2.04. The Morgan fingerprint density at radius 3 is 2.95 bits per heavy atom. The van der Waals surface area contributed by atoms with Crippen molar-refractivity contribution >= 4 is 23.0 Å². The summed E-state index contributed by atoms with van der Waals surface area (Å²) in [5.74, 6) is 1.73. The van der Waals surface area contributed by atoms with Gasteiger partial charge < -0.3 is 15.8 Å². The van der Waals surface area contributed by atoms with Crippen molar-refractivity contribution in [3.63, 3.8) is 0 Å². The summed E-state index contributed by atoms with van der Waals surface area (Å²) in [4.78, 5) is 13.8. The van der Waals surface area contributed by atoms with E-state index in [0.29, 0.717) is 37.2 Å². The van der Waals surface area contributed by atoms with Crippen LogP contribution in [0.5, 0.6) is 0 Å². The topological polar surface area (TPSA) is 86.0 Å². The molecule has 6 nitrogen and oxygen atoms in total. The fraction of sp³-hybridized carbons (Fsp3) is 0.417. The predicted octanol–water partition coefficient (Wildman–Crippen LogP) is 1.97. The average Bonchev–Trinajstić information content (AvgIpc) is 2.79. The first-order chi connectivity index (χ1) is 9.17. The molecule has 0 aliphatic heterocycles. The number of nitrogens with one attached hydrogen (secondary N) is 1. The third-order valence-corrected chi connectivity index (χ3v) is 3.25. The molecule has 0 aliphatic carbocycles. The third-order valence-electron chi connectivity index (χ3n) is 2.34. The van der Waals surface area contributed by atoms with E-state index in [0.717, 1.165) is 9.88 Å². The van der Waals surface area contributed by atoms with Crippen LogP contribution >= 0.6 is 11.3 Å². The quantitative estimate of drug-likeness (QED) is 0.841. The number of nitrogens with two attached hydrogens (primary N) is 1. The van der Waals surface area contributed by atoms with Crippen molar-refractivity contribution in [2.45, 2.75) is 27.0 Å². The van der Waals surface area contributed by atoms with Crippen LogP contribution in [0.15, 0.2) is 12.3 Å². The smallest absolute Gasteiger partial charge is 0.158 e. The molecule has 0 saturated heterocycles. The molecule has 0 aromatic carbocycles. The number of aryl methyl sites for hydroxylation is 1. The van der Waals surface area contributed by atoms with Gasteiger partial charge in [0, 0.05) is 23.7 Å². The molecule has 0 unspecified atom stereocenters. The maximum Gasteiger partial charge on any atom is 0.158 e. The molecule has 0 atom stereocenters. The molecular weight excluding hydrogens is 262 g/mol. The molecular formula is C12H17N5OS. The summed E-state index contributed by atoms with van der Waals surface area (Å²) in [5.41, 5.74) is 5.75. The Hall–Kier alpha value is -1.73. The van der Waals surface area contributed by atoms with Crippen LogP contribution in [-0.4, -0.2) is 21.6 Å². The second kappa shape index (κ2) is 6.44. The monoisotopic (exact) mass is 279 g/mol. The lowest BCUT2D eigenvalue weighted by atomic mass is 10.4. The molecule has 0 spiro atoms. The van der Waals surface area contributed by atoms with Gasteiger partial charge in [-0.2, -0.15) is 0 Å². The van der Waals surface area contributed by atoms with E-state index < -0.39 is 0 Å². The molecule has 2 rings (SSSR count). The van der Waals surface area contributed by atoms with Gasteiger partial charge in [-0.15, -0.1) is 11.3 Å². The summed E-state index contributed by atoms with van der Waals surface area (Å²) in [5, 5.41) is 4.27. The second-order valence-electron chi connectivity index (χ2n) is 3.93. The minimum atomic E-state index is 0.371. The van der Waals surface area contributed by atoms with E-state index in [9.17, 15) is 0 Å². The van der Waals surface area contributed by atoms with E-state index in [4.69, 9.17) is 10.5 Å². The van der Waals surface area contributed by atoms with Crippen molar-refractivity contribution in [1.29, 1.82) is 0 Å². The lowest BCUT2D eigenvalue weighted by Gasteiger charge is -2.07. The molecule has 0 amide bonds. The van der Waals surface area contributed by atoms with Crippen LogP contribution in [0, 0.1) is 6.92 Å². The Morgan fingerprint density at radius 2 is 2.26 bits per heavy atom. The van der Waals surface area contributed by atoms with Crippen molar-refractivity contribution in [1.82, 2.24) is 15.0 Å². The molecule has 0 fully saturated rings. The third kappa shape index (κ3) is 4.15. The van der Waals surface area contributed by atoms with Crippen molar-refractivity contribution in [3.05, 3.63) is 28.0 Å². The summed E-state index contributed by atoms with van der Waals surface area (Å²) in [6, 6.07) is 1.71. The molecule has 3 N–H and O–H groups in total. The lowest BCUT2D eigenvalue weighted by molar-refractivity contribution is 0.128. The van der Waals surface area contributed by atoms with Crippen molar-refractivity contribution < 1.29 is 4.74 Å². The molecule has 7 heteroatoms. The Morgan fingerprint density at radius 1 is 1.42 bits per heavy atom. The zero-order valence-electron chi connectivity index (χ0n) is 11.0. The SMILES string of the molecule is CCOCc1nc(N)cc(NCc2cnc(C)s2)n1. The fourth-order valence-electron chi connectivity index (χ4n) is 1.53. The summed E-state index contributed by atoms with van der Waals surface area (Å²) in [7, 11) is 0. The van der Waals surface area contributed by atoms with Gasteiger partial charge in [-0.25, -0.2) is 15.0 Å². The maximum absolute atomic E-state index is 5.75. The van der Waals surface area contributed by atoms with E-state index >= 15 is 0 Å². The number of hydrogen-bond donors (Lipinski definition) is 2. The predicted molar refractivity (Wildman–Crippen MR) is 76.0 cm³/mol. The van der Waals surface area contributed by atoms with Gasteiger partial charge in [0.15, 0.2) is 5.82 Å². The molecule has 19 heavy (non-hydrogen) atoms. The average molecular weight is 279 g/mol. The van der Waals surface area contributed by atoms with Gasteiger partial charge >= 0.3 is 0 Å². The summed E-state index contributed by atoms with van der Waals surface area (Å²) < 4.78 is 5.28. The highest BCUT2D eigenvalue weighted by molar-refractivity contribution is 7.11. The zero-order chi connectivity index (χ0) is 13.7. The summed E-state index contributed by atoms with van der Waals surface area (Å²) in [6.07, 6.45) is 1.86. The van der Waals surface area contributed by atoms with Gasteiger partial charge in [-0.05, 0) is 13.8 Å². The van der Waals surface area contributed by atoms with Gasteiger partial charge in [0.2, 0.25) is 0 Å². The normalized spacial score (nSPS) is 10.6. The van der Waals surface area contributed by atoms with Gasteiger partial charge in [0.1, 0.15) is 18.2 Å². The molecule has 2 aromatic rings. The number of thiazole rings is 1. The van der Waals surface area contributed by atoms with Crippen molar-refractivity contribution in [2.24, 2.45) is 0 Å². The number of nitrogens with zero attached hydrogens (tertiary/aromatic N) is 3. The number of anilines is 2. The maximum atomic E-state index is 5.75. The summed E-state index contributed by atoms with van der Waals surface area (Å²) >= 11 is 1.66. The Bertz CT molecular complexity index is 543. The van der Waals surface area contributed by atoms with Gasteiger partial charge in [-0.3, -0.25) is 0 Å². The lowest BCUT2D eigenvalue weighted by Crippen LogP contribution is -2.07. The van der Waals surface area contributed by atoms with Crippen LogP contribution in [-0.2, 0) is 17.9 Å². The molecule has 0 saturated carbocycles. The highest BCUT2D eigenvalue weighted by atomic mass is 32.1. The van der Waals surface area contributed by atoms with Gasteiger partial charge in [0.25, 0.3) is 0 Å². The molecule has 0 radical (unpaired) electrons. The largest absolute Gasteiger partial charge is 0.384 e. The van der Waals surface area contributed by atoms with E-state index in [1.807, 2.05) is 20.0 Å². The first-order valence-electron chi connectivity index (χ1n) is 6.03. The molecule has 0 aliphatic rings. The molecule has 2 heterocycles. The van der Waals surface area contributed by atoms with Crippen LogP contribution in [0.1, 0.15) is 22.6 Å². The second-order valence-corrected chi connectivity index (χ2v) is 5.25. The van der Waals surface area contributed by atoms with Crippen LogP contribution in [0.3, 0.4) is 0 Å². The Labute approximate surface area is 116 Å². The molecule has 102 valence electrons. The van der Waals surface area contributed by atoms with Crippen LogP contribution in [0.2, 0.25) is 0 Å². The first-order valence-corrected chi connectivity index (χ1v) is 6.85. The van der Waals surface area contributed by atoms with Crippen LogP contribution < -0.4 is 11.1 Å². The van der Waals surface area contributed by atoms with E-state index in [1.165, 1.54) is 0 Å². The standard InChI is InChI=1S/C12H17N5OS/c1-3-18-7-12-16-10(13)4-11(17-12)15-6-9-5-14-8(2)19-9/h4-5H,3,6-7H2,1-2H3,(H3,13,15,16,17). The van der Waals surface area contributed by atoms with E-state index in [2.05, 4.69) is 20.3 Å². The number of rotatable bonds is 6. The number of hydrogen-bond acceptors (Lipinski definition) is 7. The van der Waals surface area contributed by atoms with E-state index in [1.54, 1.807) is 17.4 Å². The molecule has 0 bridgehead atoms. The van der Waals surface area contributed by atoms with E-state index in [-0.39, 0.29) is 0 Å². The minimum absolute atomic E-state index is 0.371. The Balaban J connectivity index is 2.01. The number of aromatic nitrogens is 3. The number of ether oxygens (including phenoxy) is 1. The minimum Gasteiger partial charge on any atom is -0.384 e. The first kappa shape index (κ1) is 13.7. The zero-order valence-corrected chi connectivity index (χ0v) is 11.8. The van der Waals surface area contributed by atoms with Crippen LogP contribution in [0.4, 0.5) is 11.6 Å². The van der Waals surface area contributed by atoms with Crippen molar-refractivity contribution in [2.75, 3.05) is 17.7 Å². The summed E-state index contributed by atoms with van der Waals surface area (Å²) in [6.45, 7) is 5.58. The van der Waals surface area contributed by atoms with Gasteiger partial charge in [-0.1, -0.05) is 0 Å². The van der Waals surface area contributed by atoms with Crippen molar-refractivity contribution in [3.8, 4) is 0 Å². The fourth-order valence-corrected chi connectivity index (χ4v) is 2.27. The Kier molecular flexibility index (Phi) is 4.64. The highest BCUT2D eigenvalue weighted by Crippen LogP contribution is 2.15. The molecule has 2 aromatic heterocycles.